The average Bonchev–Trinajstić information content (AvgIpc) is 2.15. The first-order chi connectivity index (χ1) is 6.61. The number of nitrogens with two attached hydrogens (primary N) is 1. The van der Waals surface area contributed by atoms with Gasteiger partial charge in [-0.15, -0.1) is 0 Å². The van der Waals surface area contributed by atoms with Crippen molar-refractivity contribution in [3.63, 3.8) is 0 Å². The highest BCUT2D eigenvalue weighted by Crippen LogP contribution is 2.16. The number of carbonyl (C=O) groups excluding carboxylic acids is 1. The summed E-state index contributed by atoms with van der Waals surface area (Å²) < 4.78 is 13.2. The summed E-state index contributed by atoms with van der Waals surface area (Å²) in [4.78, 5) is 12.2. The van der Waals surface area contributed by atoms with Gasteiger partial charge < -0.3 is 10.6 Å². The fraction of sp³-hybridized carbons (Fsp3) is 0.300. The first kappa shape index (κ1) is 10.5. The van der Waals surface area contributed by atoms with Crippen LogP contribution < -0.4 is 10.6 Å². The topological polar surface area (TPSA) is 46.3 Å². The molecule has 1 aromatic carbocycles. The van der Waals surface area contributed by atoms with E-state index in [-0.39, 0.29) is 18.1 Å². The monoisotopic (exact) mass is 196 g/mol. The second kappa shape index (κ2) is 4.60. The van der Waals surface area contributed by atoms with Gasteiger partial charge in [0.1, 0.15) is 5.82 Å². The number of benzene rings is 1. The predicted molar refractivity (Wildman–Crippen MR) is 53.5 cm³/mol. The van der Waals surface area contributed by atoms with Crippen LogP contribution in [0.15, 0.2) is 24.3 Å². The maximum absolute atomic E-state index is 13.2. The largest absolute Gasteiger partial charge is 0.372 e. The molecule has 2 N–H and O–H groups in total. The molecule has 0 bridgehead atoms. The highest BCUT2D eigenvalue weighted by Gasteiger charge is 2.06. The predicted octanol–water partition coefficient (Wildman–Crippen LogP) is 1.14. The zero-order chi connectivity index (χ0) is 10.6. The van der Waals surface area contributed by atoms with Gasteiger partial charge in [-0.2, -0.15) is 0 Å². The van der Waals surface area contributed by atoms with Gasteiger partial charge in [0.05, 0.1) is 5.69 Å². The lowest BCUT2D eigenvalue weighted by Gasteiger charge is -2.18. The Bertz CT molecular complexity index is 328. The molecule has 1 rings (SSSR count). The minimum Gasteiger partial charge on any atom is -0.372 e. The molecule has 0 radical (unpaired) electrons. The SMILES string of the molecule is CN(CCC(N)=O)c1ccccc1F. The summed E-state index contributed by atoms with van der Waals surface area (Å²) >= 11 is 0. The average molecular weight is 196 g/mol. The second-order valence-electron chi connectivity index (χ2n) is 3.09. The third-order valence-corrected chi connectivity index (χ3v) is 1.96. The molecular formula is C10H13FN2O. The summed E-state index contributed by atoms with van der Waals surface area (Å²) in [5.74, 6) is -0.673. The molecule has 0 spiro atoms. The van der Waals surface area contributed by atoms with Crippen LogP contribution in [0, 0.1) is 5.82 Å². The molecular weight excluding hydrogens is 183 g/mol. The van der Waals surface area contributed by atoms with Gasteiger partial charge in [0.2, 0.25) is 5.91 Å². The van der Waals surface area contributed by atoms with Gasteiger partial charge in [0, 0.05) is 20.0 Å². The Morgan fingerprint density at radius 2 is 2.14 bits per heavy atom. The van der Waals surface area contributed by atoms with Crippen molar-refractivity contribution in [3.05, 3.63) is 30.1 Å². The lowest BCUT2D eigenvalue weighted by molar-refractivity contribution is -0.117. The molecule has 0 atom stereocenters. The number of carbonyl (C=O) groups is 1. The molecule has 0 unspecified atom stereocenters. The molecule has 0 aromatic heterocycles. The lowest BCUT2D eigenvalue weighted by Crippen LogP contribution is -2.24. The Morgan fingerprint density at radius 3 is 2.71 bits per heavy atom. The van der Waals surface area contributed by atoms with E-state index in [4.69, 9.17) is 5.73 Å². The van der Waals surface area contributed by atoms with E-state index in [9.17, 15) is 9.18 Å². The van der Waals surface area contributed by atoms with E-state index in [0.717, 1.165) is 0 Å². The Labute approximate surface area is 82.3 Å². The van der Waals surface area contributed by atoms with Gasteiger partial charge >= 0.3 is 0 Å². The number of rotatable bonds is 4. The van der Waals surface area contributed by atoms with E-state index in [1.807, 2.05) is 0 Å². The van der Waals surface area contributed by atoms with E-state index >= 15 is 0 Å². The molecule has 1 amide bonds. The summed E-state index contributed by atoms with van der Waals surface area (Å²) in [6.45, 7) is 0.427. The Morgan fingerprint density at radius 1 is 1.50 bits per heavy atom. The minimum atomic E-state index is -0.381. The molecule has 14 heavy (non-hydrogen) atoms. The van der Waals surface area contributed by atoms with Gasteiger partial charge in [-0.3, -0.25) is 4.79 Å². The zero-order valence-corrected chi connectivity index (χ0v) is 8.03. The van der Waals surface area contributed by atoms with E-state index in [2.05, 4.69) is 0 Å². The molecule has 1 aromatic rings. The van der Waals surface area contributed by atoms with Crippen molar-refractivity contribution in [2.45, 2.75) is 6.42 Å². The first-order valence-electron chi connectivity index (χ1n) is 4.35. The third kappa shape index (κ3) is 2.73. The summed E-state index contributed by atoms with van der Waals surface area (Å²) in [6, 6.07) is 6.42. The van der Waals surface area contributed by atoms with Gasteiger partial charge in [0.15, 0.2) is 0 Å². The smallest absolute Gasteiger partial charge is 0.219 e. The van der Waals surface area contributed by atoms with Crippen molar-refractivity contribution in [2.24, 2.45) is 5.73 Å². The van der Waals surface area contributed by atoms with Crippen LogP contribution in [-0.4, -0.2) is 19.5 Å². The molecule has 76 valence electrons. The van der Waals surface area contributed by atoms with Crippen molar-refractivity contribution in [3.8, 4) is 0 Å². The highest BCUT2D eigenvalue weighted by atomic mass is 19.1. The number of anilines is 1. The van der Waals surface area contributed by atoms with Crippen LogP contribution in [0.1, 0.15) is 6.42 Å². The maximum atomic E-state index is 13.2. The quantitative estimate of drug-likeness (QED) is 0.784. The summed E-state index contributed by atoms with van der Waals surface area (Å²) in [5.41, 5.74) is 5.48. The van der Waals surface area contributed by atoms with E-state index in [0.29, 0.717) is 12.2 Å². The normalized spacial score (nSPS) is 9.86. The fourth-order valence-electron chi connectivity index (χ4n) is 1.16. The van der Waals surface area contributed by atoms with Crippen LogP contribution in [0.3, 0.4) is 0 Å². The van der Waals surface area contributed by atoms with Gasteiger partial charge in [-0.05, 0) is 12.1 Å². The Kier molecular flexibility index (Phi) is 3.45. The van der Waals surface area contributed by atoms with Crippen molar-refractivity contribution in [1.29, 1.82) is 0 Å². The number of primary amides is 1. The van der Waals surface area contributed by atoms with Crippen molar-refractivity contribution in [1.82, 2.24) is 0 Å². The van der Waals surface area contributed by atoms with Crippen LogP contribution in [0.5, 0.6) is 0 Å². The summed E-state index contributed by atoms with van der Waals surface area (Å²) in [5, 5.41) is 0. The van der Waals surface area contributed by atoms with Crippen LogP contribution in [-0.2, 0) is 4.79 Å². The first-order valence-corrected chi connectivity index (χ1v) is 4.35. The van der Waals surface area contributed by atoms with E-state index in [1.54, 1.807) is 30.1 Å². The Hall–Kier alpha value is -1.58. The van der Waals surface area contributed by atoms with E-state index in [1.165, 1.54) is 6.07 Å². The van der Waals surface area contributed by atoms with Crippen molar-refractivity contribution >= 4 is 11.6 Å². The molecule has 0 aliphatic carbocycles. The number of nitrogens with zero attached hydrogens (tertiary/aromatic N) is 1. The van der Waals surface area contributed by atoms with E-state index < -0.39 is 0 Å². The molecule has 0 fully saturated rings. The van der Waals surface area contributed by atoms with Crippen LogP contribution in [0.2, 0.25) is 0 Å². The second-order valence-corrected chi connectivity index (χ2v) is 3.09. The number of hydrogen-bond donors (Lipinski definition) is 1. The van der Waals surface area contributed by atoms with Crippen molar-refractivity contribution < 1.29 is 9.18 Å². The number of para-hydroxylation sites is 1. The van der Waals surface area contributed by atoms with Crippen molar-refractivity contribution in [2.75, 3.05) is 18.5 Å². The molecule has 4 heteroatoms. The van der Waals surface area contributed by atoms with Gasteiger partial charge in [-0.25, -0.2) is 4.39 Å². The molecule has 0 saturated carbocycles. The Balaban J connectivity index is 2.65. The number of hydrogen-bond acceptors (Lipinski definition) is 2. The molecule has 0 aliphatic heterocycles. The summed E-state index contributed by atoms with van der Waals surface area (Å²) in [7, 11) is 1.72. The standard InChI is InChI=1S/C10H13FN2O/c1-13(7-6-10(12)14)9-5-3-2-4-8(9)11/h2-5H,6-7H2,1H3,(H2,12,14). The maximum Gasteiger partial charge on any atom is 0.219 e. The molecule has 0 saturated heterocycles. The summed E-state index contributed by atoms with van der Waals surface area (Å²) in [6.07, 6.45) is 0.227. The fourth-order valence-corrected chi connectivity index (χ4v) is 1.16. The molecule has 0 aliphatic rings. The highest BCUT2D eigenvalue weighted by molar-refractivity contribution is 5.74. The number of amides is 1. The van der Waals surface area contributed by atoms with Crippen LogP contribution >= 0.6 is 0 Å². The van der Waals surface area contributed by atoms with Crippen LogP contribution in [0.4, 0.5) is 10.1 Å². The lowest BCUT2D eigenvalue weighted by atomic mass is 10.2. The number of halogens is 1. The van der Waals surface area contributed by atoms with Crippen LogP contribution in [0.25, 0.3) is 0 Å². The van der Waals surface area contributed by atoms with Gasteiger partial charge in [-0.1, -0.05) is 12.1 Å². The zero-order valence-electron chi connectivity index (χ0n) is 8.03. The third-order valence-electron chi connectivity index (χ3n) is 1.96. The van der Waals surface area contributed by atoms with Gasteiger partial charge in [0.25, 0.3) is 0 Å². The minimum absolute atomic E-state index is 0.227. The molecule has 0 heterocycles. The molecule has 3 nitrogen and oxygen atoms in total.